The van der Waals surface area contributed by atoms with Gasteiger partial charge in [-0.1, -0.05) is 72.8 Å². The number of likely N-dealkylation sites (tertiary alicyclic amines) is 1. The molecule has 0 aliphatic carbocycles. The second-order valence-electron chi connectivity index (χ2n) is 8.69. The van der Waals surface area contributed by atoms with E-state index < -0.39 is 11.6 Å². The molecule has 1 saturated heterocycles. The van der Waals surface area contributed by atoms with Crippen molar-refractivity contribution in [1.82, 2.24) is 4.90 Å². The fourth-order valence-electron chi connectivity index (χ4n) is 4.18. The Kier molecular flexibility index (Phi) is 7.67. The number of nitrogens with zero attached hydrogens (tertiary/aromatic N) is 1. The fraction of sp³-hybridized carbons (Fsp3) is 0.286. The zero-order valence-electron chi connectivity index (χ0n) is 19.4. The van der Waals surface area contributed by atoms with Crippen molar-refractivity contribution in [2.24, 2.45) is 5.92 Å². The maximum atomic E-state index is 13.2. The number of ether oxygens (including phenoxy) is 2. The zero-order chi connectivity index (χ0) is 24.7. The lowest BCUT2D eigenvalue weighted by atomic mass is 9.86. The molecule has 3 aromatic carbocycles. The summed E-state index contributed by atoms with van der Waals surface area (Å²) in [5.74, 6) is -0.678. The van der Waals surface area contributed by atoms with Gasteiger partial charge in [0.25, 0.3) is 0 Å². The van der Waals surface area contributed by atoms with Gasteiger partial charge in [-0.25, -0.2) is 9.59 Å². The molecule has 2 N–H and O–H groups in total. The molecule has 7 heteroatoms. The number of aliphatic hydroxyl groups is 1. The molecule has 0 spiro atoms. The van der Waals surface area contributed by atoms with E-state index in [0.29, 0.717) is 37.1 Å². The van der Waals surface area contributed by atoms with Crippen molar-refractivity contribution in [2.75, 3.05) is 19.7 Å². The fourth-order valence-corrected chi connectivity index (χ4v) is 4.18. The number of benzene rings is 3. The number of phenolic OH excluding ortho intramolecular Hbond substituents is 1. The Balaban J connectivity index is 1.32. The van der Waals surface area contributed by atoms with Gasteiger partial charge in [0, 0.05) is 13.1 Å². The van der Waals surface area contributed by atoms with Crippen LogP contribution in [0.2, 0.25) is 0 Å². The Morgan fingerprint density at radius 1 is 0.829 bits per heavy atom. The molecule has 4 rings (SSSR count). The van der Waals surface area contributed by atoms with Crippen LogP contribution in [0.4, 0.5) is 4.79 Å². The summed E-state index contributed by atoms with van der Waals surface area (Å²) in [6.07, 6.45) is 0.975. The number of hydrogen-bond donors (Lipinski definition) is 2. The summed E-state index contributed by atoms with van der Waals surface area (Å²) >= 11 is 0. The highest BCUT2D eigenvalue weighted by atomic mass is 16.6. The van der Waals surface area contributed by atoms with Crippen molar-refractivity contribution in [3.05, 3.63) is 102 Å². The van der Waals surface area contributed by atoms with Gasteiger partial charge in [-0.3, -0.25) is 0 Å². The van der Waals surface area contributed by atoms with Crippen molar-refractivity contribution >= 4 is 12.1 Å². The van der Waals surface area contributed by atoms with Crippen molar-refractivity contribution in [2.45, 2.75) is 25.0 Å². The molecule has 1 amide bonds. The van der Waals surface area contributed by atoms with Crippen LogP contribution in [0.3, 0.4) is 0 Å². The average molecular weight is 476 g/mol. The predicted molar refractivity (Wildman–Crippen MR) is 129 cm³/mol. The van der Waals surface area contributed by atoms with Gasteiger partial charge < -0.3 is 24.6 Å². The van der Waals surface area contributed by atoms with Crippen molar-refractivity contribution < 1.29 is 29.3 Å². The number of hydrogen-bond acceptors (Lipinski definition) is 6. The summed E-state index contributed by atoms with van der Waals surface area (Å²) in [6.45, 7) is 1.39. The highest BCUT2D eigenvalue weighted by Gasteiger charge is 2.42. The lowest BCUT2D eigenvalue weighted by Crippen LogP contribution is -2.42. The number of phenols is 1. The van der Waals surface area contributed by atoms with E-state index >= 15 is 0 Å². The normalized spacial score (nSPS) is 15.7. The van der Waals surface area contributed by atoms with Gasteiger partial charge in [-0.15, -0.1) is 0 Å². The lowest BCUT2D eigenvalue weighted by molar-refractivity contribution is -0.164. The summed E-state index contributed by atoms with van der Waals surface area (Å²) in [7, 11) is 0. The van der Waals surface area contributed by atoms with Gasteiger partial charge >= 0.3 is 12.1 Å². The molecule has 1 atom stereocenters. The van der Waals surface area contributed by atoms with Crippen LogP contribution < -0.4 is 0 Å². The molecule has 182 valence electrons. The first-order valence-corrected chi connectivity index (χ1v) is 11.7. The highest BCUT2D eigenvalue weighted by Crippen LogP contribution is 2.32. The van der Waals surface area contributed by atoms with Crippen LogP contribution in [0.1, 0.15) is 29.5 Å². The molecule has 0 radical (unpaired) electrons. The van der Waals surface area contributed by atoms with E-state index in [1.54, 1.807) is 35.2 Å². The maximum absolute atomic E-state index is 13.2. The molecule has 1 aliphatic heterocycles. The number of amides is 1. The molecule has 1 fully saturated rings. The van der Waals surface area contributed by atoms with Crippen LogP contribution >= 0.6 is 0 Å². The number of carbonyl (C=O) groups excluding carboxylic acids is 2. The third-order valence-electron chi connectivity index (χ3n) is 6.30. The lowest BCUT2D eigenvalue weighted by Gasteiger charge is -2.32. The van der Waals surface area contributed by atoms with E-state index in [1.807, 2.05) is 30.3 Å². The smallest absolute Gasteiger partial charge is 0.410 e. The van der Waals surface area contributed by atoms with Crippen LogP contribution in [0.15, 0.2) is 84.9 Å². The second-order valence-corrected chi connectivity index (χ2v) is 8.69. The minimum atomic E-state index is -2.00. The molecule has 7 nitrogen and oxygen atoms in total. The van der Waals surface area contributed by atoms with E-state index in [9.17, 15) is 19.8 Å². The first-order chi connectivity index (χ1) is 17.0. The number of carbonyl (C=O) groups is 2. The Morgan fingerprint density at radius 3 is 2.03 bits per heavy atom. The van der Waals surface area contributed by atoms with E-state index in [-0.39, 0.29) is 31.0 Å². The molecule has 1 heterocycles. The molecule has 0 bridgehead atoms. The van der Waals surface area contributed by atoms with Gasteiger partial charge in [0.1, 0.15) is 12.4 Å². The molecule has 0 aromatic heterocycles. The van der Waals surface area contributed by atoms with E-state index in [1.165, 1.54) is 24.3 Å². The van der Waals surface area contributed by atoms with Gasteiger partial charge in [-0.05, 0) is 47.6 Å². The van der Waals surface area contributed by atoms with Crippen LogP contribution in [-0.4, -0.2) is 46.9 Å². The maximum Gasteiger partial charge on any atom is 0.410 e. The summed E-state index contributed by atoms with van der Waals surface area (Å²) in [6, 6.07) is 24.0. The van der Waals surface area contributed by atoms with Gasteiger partial charge in [0.05, 0.1) is 6.61 Å². The summed E-state index contributed by atoms with van der Waals surface area (Å²) in [5.41, 5.74) is -0.381. The van der Waals surface area contributed by atoms with Crippen molar-refractivity contribution in [1.29, 1.82) is 0 Å². The summed E-state index contributed by atoms with van der Waals surface area (Å²) in [5, 5.41) is 21.1. The first-order valence-electron chi connectivity index (χ1n) is 11.7. The zero-order valence-corrected chi connectivity index (χ0v) is 19.4. The summed E-state index contributed by atoms with van der Waals surface area (Å²) < 4.78 is 11.0. The van der Waals surface area contributed by atoms with Crippen LogP contribution in [0.25, 0.3) is 0 Å². The number of rotatable bonds is 7. The molecule has 0 saturated carbocycles. The van der Waals surface area contributed by atoms with Crippen LogP contribution in [0, 0.1) is 5.92 Å². The van der Waals surface area contributed by atoms with Gasteiger partial charge in [0.2, 0.25) is 5.60 Å². The molecule has 3 aromatic rings. The topological polar surface area (TPSA) is 96.3 Å². The Bertz CT molecular complexity index is 1110. The van der Waals surface area contributed by atoms with Crippen LogP contribution in [0.5, 0.6) is 5.75 Å². The van der Waals surface area contributed by atoms with Gasteiger partial charge in [-0.2, -0.15) is 0 Å². The number of esters is 1. The van der Waals surface area contributed by atoms with E-state index in [0.717, 1.165) is 5.56 Å². The van der Waals surface area contributed by atoms with E-state index in [4.69, 9.17) is 9.47 Å². The largest absolute Gasteiger partial charge is 0.508 e. The molecular weight excluding hydrogens is 446 g/mol. The summed E-state index contributed by atoms with van der Waals surface area (Å²) in [4.78, 5) is 27.2. The predicted octanol–water partition coefficient (Wildman–Crippen LogP) is 4.22. The van der Waals surface area contributed by atoms with Crippen molar-refractivity contribution in [3.63, 3.8) is 0 Å². The average Bonchev–Trinajstić information content (AvgIpc) is 2.91. The highest BCUT2D eigenvalue weighted by molar-refractivity contribution is 5.85. The molecule has 1 unspecified atom stereocenters. The third-order valence-corrected chi connectivity index (χ3v) is 6.30. The Labute approximate surface area is 204 Å². The van der Waals surface area contributed by atoms with Crippen molar-refractivity contribution in [3.8, 4) is 5.75 Å². The first kappa shape index (κ1) is 24.3. The quantitative estimate of drug-likeness (QED) is 0.497. The Hall–Kier alpha value is -3.84. The van der Waals surface area contributed by atoms with Gasteiger partial charge in [0.15, 0.2) is 0 Å². The molecular formula is C28H29NO6. The minimum Gasteiger partial charge on any atom is -0.508 e. The number of aromatic hydroxyl groups is 1. The molecule has 35 heavy (non-hydrogen) atoms. The minimum absolute atomic E-state index is 0.0339. The Morgan fingerprint density at radius 2 is 1.40 bits per heavy atom. The number of piperidine rings is 1. The van der Waals surface area contributed by atoms with Crippen LogP contribution in [-0.2, 0) is 26.5 Å². The second kappa shape index (κ2) is 11.1. The SMILES string of the molecule is O=C(OCc1ccccc1)N1CCC(COC(=O)C(O)(c2ccccc2)c2ccc(O)cc2)CC1. The van der Waals surface area contributed by atoms with E-state index in [2.05, 4.69) is 0 Å². The standard InChI is InChI=1S/C28H29NO6/c30-25-13-11-24(12-14-25)28(33,23-9-5-2-6-10-23)26(31)34-19-22-15-17-29(18-16-22)27(32)35-20-21-7-3-1-4-8-21/h1-14,22,30,33H,15-20H2. The molecule has 1 aliphatic rings. The monoisotopic (exact) mass is 475 g/mol. The third kappa shape index (κ3) is 5.81.